The molecule has 0 aliphatic carbocycles. The molecule has 1 aromatic rings. The summed E-state index contributed by atoms with van der Waals surface area (Å²) >= 11 is 0. The van der Waals surface area contributed by atoms with Crippen LogP contribution in [0.5, 0.6) is 0 Å². The molecule has 1 unspecified atom stereocenters. The van der Waals surface area contributed by atoms with Gasteiger partial charge in [-0.15, -0.1) is 6.58 Å². The summed E-state index contributed by atoms with van der Waals surface area (Å²) in [5, 5.41) is 9.28. The number of rotatable bonds is 8. The van der Waals surface area contributed by atoms with E-state index < -0.39 is 12.0 Å². The fourth-order valence-corrected chi connectivity index (χ4v) is 2.01. The average Bonchev–Trinajstić information content (AvgIpc) is 2.45. The van der Waals surface area contributed by atoms with E-state index in [1.165, 1.54) is 4.90 Å². The first kappa shape index (κ1) is 16.0. The molecule has 0 radical (unpaired) electrons. The highest BCUT2D eigenvalue weighted by Gasteiger charge is 2.25. The summed E-state index contributed by atoms with van der Waals surface area (Å²) in [6, 6.07) is 8.89. The number of carbonyl (C=O) groups excluding carboxylic acids is 1. The van der Waals surface area contributed by atoms with Gasteiger partial charge < -0.3 is 10.0 Å². The van der Waals surface area contributed by atoms with Crippen LogP contribution in [0.4, 0.5) is 0 Å². The first-order valence-electron chi connectivity index (χ1n) is 6.69. The van der Waals surface area contributed by atoms with E-state index in [-0.39, 0.29) is 5.91 Å². The number of carbonyl (C=O) groups is 2. The number of aliphatic carboxylic acids is 1. The molecule has 1 aromatic carbocycles. The normalized spacial score (nSPS) is 11.7. The van der Waals surface area contributed by atoms with Gasteiger partial charge in [0.15, 0.2) is 0 Å². The summed E-state index contributed by atoms with van der Waals surface area (Å²) in [5.41, 5.74) is 1.07. The molecule has 4 heteroatoms. The largest absolute Gasteiger partial charge is 0.480 e. The van der Waals surface area contributed by atoms with Gasteiger partial charge in [0.1, 0.15) is 6.04 Å². The highest BCUT2D eigenvalue weighted by Crippen LogP contribution is 2.11. The zero-order valence-corrected chi connectivity index (χ0v) is 11.8. The van der Waals surface area contributed by atoms with Crippen molar-refractivity contribution in [2.24, 2.45) is 0 Å². The van der Waals surface area contributed by atoms with Gasteiger partial charge in [-0.25, -0.2) is 4.79 Å². The van der Waals surface area contributed by atoms with Crippen molar-refractivity contribution in [3.8, 4) is 0 Å². The van der Waals surface area contributed by atoms with Gasteiger partial charge in [0, 0.05) is 13.5 Å². The zero-order valence-electron chi connectivity index (χ0n) is 11.8. The maximum Gasteiger partial charge on any atom is 0.326 e. The number of benzene rings is 1. The standard InChI is InChI=1S/C16H21NO3/c1-3-4-10-15(18)17(2)14(16(19)20)12-11-13-8-6-5-7-9-13/h3,5-9,14H,1,4,10-12H2,2H3,(H,19,20). The Morgan fingerprint density at radius 1 is 1.35 bits per heavy atom. The molecular weight excluding hydrogens is 254 g/mol. The van der Waals surface area contributed by atoms with Gasteiger partial charge in [0.05, 0.1) is 0 Å². The van der Waals surface area contributed by atoms with Crippen molar-refractivity contribution in [2.75, 3.05) is 7.05 Å². The zero-order chi connectivity index (χ0) is 15.0. The SMILES string of the molecule is C=CCCC(=O)N(C)C(CCc1ccccc1)C(=O)O. The molecule has 1 atom stereocenters. The van der Waals surface area contributed by atoms with E-state index in [1.807, 2.05) is 30.3 Å². The van der Waals surface area contributed by atoms with Crippen LogP contribution in [0.1, 0.15) is 24.8 Å². The number of nitrogens with zero attached hydrogens (tertiary/aromatic N) is 1. The van der Waals surface area contributed by atoms with Crippen LogP contribution in [0, 0.1) is 0 Å². The third-order valence-electron chi connectivity index (χ3n) is 3.26. The van der Waals surface area contributed by atoms with Gasteiger partial charge in [-0.2, -0.15) is 0 Å². The minimum atomic E-state index is -0.963. The second kappa shape index (κ2) is 8.15. The molecule has 0 aromatic heterocycles. The van der Waals surface area contributed by atoms with Gasteiger partial charge in [0.25, 0.3) is 0 Å². The predicted octanol–water partition coefficient (Wildman–Crippen LogP) is 2.50. The molecule has 0 heterocycles. The quantitative estimate of drug-likeness (QED) is 0.742. The smallest absolute Gasteiger partial charge is 0.326 e. The molecular formula is C16H21NO3. The summed E-state index contributed by atoms with van der Waals surface area (Å²) < 4.78 is 0. The van der Waals surface area contributed by atoms with Gasteiger partial charge in [-0.05, 0) is 24.8 Å². The van der Waals surface area contributed by atoms with E-state index >= 15 is 0 Å². The van der Waals surface area contributed by atoms with Crippen LogP contribution in [-0.2, 0) is 16.0 Å². The Kier molecular flexibility index (Phi) is 6.50. The molecule has 0 saturated carbocycles. The van der Waals surface area contributed by atoms with Crippen LogP contribution < -0.4 is 0 Å². The number of allylic oxidation sites excluding steroid dienone is 1. The van der Waals surface area contributed by atoms with E-state index in [9.17, 15) is 14.7 Å². The van der Waals surface area contributed by atoms with Gasteiger partial charge >= 0.3 is 5.97 Å². The van der Waals surface area contributed by atoms with Crippen LogP contribution >= 0.6 is 0 Å². The summed E-state index contributed by atoms with van der Waals surface area (Å²) in [6.45, 7) is 3.56. The predicted molar refractivity (Wildman–Crippen MR) is 78.4 cm³/mol. The Bertz CT molecular complexity index is 456. The van der Waals surface area contributed by atoms with Crippen LogP contribution in [0.15, 0.2) is 43.0 Å². The lowest BCUT2D eigenvalue weighted by Gasteiger charge is -2.24. The number of hydrogen-bond donors (Lipinski definition) is 1. The van der Waals surface area contributed by atoms with Crippen LogP contribution in [0.3, 0.4) is 0 Å². The fraction of sp³-hybridized carbons (Fsp3) is 0.375. The monoisotopic (exact) mass is 275 g/mol. The minimum absolute atomic E-state index is 0.162. The lowest BCUT2D eigenvalue weighted by atomic mass is 10.0. The van der Waals surface area contributed by atoms with Crippen molar-refractivity contribution in [3.05, 3.63) is 48.6 Å². The molecule has 108 valence electrons. The number of likely N-dealkylation sites (N-methyl/N-ethyl adjacent to an activating group) is 1. The van der Waals surface area contributed by atoms with Gasteiger partial charge in [-0.1, -0.05) is 36.4 Å². The maximum atomic E-state index is 11.9. The van der Waals surface area contributed by atoms with Crippen molar-refractivity contribution in [1.29, 1.82) is 0 Å². The Morgan fingerprint density at radius 2 is 2.00 bits per heavy atom. The Labute approximate surface area is 119 Å². The Balaban J connectivity index is 2.62. The summed E-state index contributed by atoms with van der Waals surface area (Å²) in [5.74, 6) is -1.12. The van der Waals surface area contributed by atoms with Gasteiger partial charge in [0.2, 0.25) is 5.91 Å². The Morgan fingerprint density at radius 3 is 2.55 bits per heavy atom. The van der Waals surface area contributed by atoms with E-state index in [1.54, 1.807) is 13.1 Å². The number of carboxylic acid groups (broad SMARTS) is 1. The molecule has 0 spiro atoms. The van der Waals surface area contributed by atoms with E-state index in [0.717, 1.165) is 5.56 Å². The van der Waals surface area contributed by atoms with Crippen LogP contribution in [0.2, 0.25) is 0 Å². The molecule has 1 rings (SSSR count). The van der Waals surface area contributed by atoms with Crippen molar-refractivity contribution >= 4 is 11.9 Å². The lowest BCUT2D eigenvalue weighted by molar-refractivity contribution is -0.149. The number of amides is 1. The highest BCUT2D eigenvalue weighted by molar-refractivity contribution is 5.83. The first-order valence-corrected chi connectivity index (χ1v) is 6.69. The summed E-state index contributed by atoms with van der Waals surface area (Å²) in [4.78, 5) is 24.5. The van der Waals surface area contributed by atoms with Crippen molar-refractivity contribution in [2.45, 2.75) is 31.7 Å². The van der Waals surface area contributed by atoms with Gasteiger partial charge in [-0.3, -0.25) is 4.79 Å². The molecule has 0 bridgehead atoms. The van der Waals surface area contributed by atoms with E-state index in [4.69, 9.17) is 0 Å². The molecule has 0 saturated heterocycles. The summed E-state index contributed by atoms with van der Waals surface area (Å²) in [6.07, 6.45) is 3.57. The minimum Gasteiger partial charge on any atom is -0.480 e. The van der Waals surface area contributed by atoms with Crippen molar-refractivity contribution < 1.29 is 14.7 Å². The Hall–Kier alpha value is -2.10. The maximum absolute atomic E-state index is 11.9. The molecule has 0 aliphatic rings. The number of aryl methyl sites for hydroxylation is 1. The highest BCUT2D eigenvalue weighted by atomic mass is 16.4. The molecule has 0 fully saturated rings. The van der Waals surface area contributed by atoms with E-state index in [2.05, 4.69) is 6.58 Å². The second-order valence-corrected chi connectivity index (χ2v) is 4.71. The van der Waals surface area contributed by atoms with E-state index in [0.29, 0.717) is 25.7 Å². The third-order valence-corrected chi connectivity index (χ3v) is 3.26. The average molecular weight is 275 g/mol. The fourth-order valence-electron chi connectivity index (χ4n) is 2.01. The van der Waals surface area contributed by atoms with Crippen LogP contribution in [0.25, 0.3) is 0 Å². The molecule has 1 amide bonds. The molecule has 20 heavy (non-hydrogen) atoms. The topological polar surface area (TPSA) is 57.6 Å². The van der Waals surface area contributed by atoms with Crippen LogP contribution in [-0.4, -0.2) is 35.0 Å². The summed E-state index contributed by atoms with van der Waals surface area (Å²) in [7, 11) is 1.55. The first-order chi connectivity index (χ1) is 9.56. The third kappa shape index (κ3) is 4.88. The second-order valence-electron chi connectivity index (χ2n) is 4.71. The molecule has 4 nitrogen and oxygen atoms in total. The lowest BCUT2D eigenvalue weighted by Crippen LogP contribution is -2.42. The van der Waals surface area contributed by atoms with Crippen molar-refractivity contribution in [1.82, 2.24) is 4.90 Å². The number of carboxylic acids is 1. The molecule has 1 N–H and O–H groups in total. The number of hydrogen-bond acceptors (Lipinski definition) is 2. The van der Waals surface area contributed by atoms with Crippen molar-refractivity contribution in [3.63, 3.8) is 0 Å². The molecule has 0 aliphatic heterocycles.